The average molecular weight is 297 g/mol. The predicted molar refractivity (Wildman–Crippen MR) is 77.5 cm³/mol. The third kappa shape index (κ3) is 3.45. The molecule has 6 heteroatoms. The molecule has 0 aliphatic heterocycles. The summed E-state index contributed by atoms with van der Waals surface area (Å²) in [4.78, 5) is 18.3. The summed E-state index contributed by atoms with van der Waals surface area (Å²) < 4.78 is 0. The number of carboxylic acids is 1. The monoisotopic (exact) mass is 296 g/mol. The summed E-state index contributed by atoms with van der Waals surface area (Å²) in [5.74, 6) is -0.503. The third-order valence-corrected chi connectivity index (χ3v) is 3.94. The Morgan fingerprint density at radius 2 is 2.26 bits per heavy atom. The Morgan fingerprint density at radius 1 is 1.47 bits per heavy atom. The molecule has 2 aromatic heterocycles. The van der Waals surface area contributed by atoms with Crippen molar-refractivity contribution in [1.82, 2.24) is 4.98 Å². The molecule has 0 aliphatic carbocycles. The number of carboxylic acid groups (broad SMARTS) is 1. The number of nitrogens with zero attached hydrogens (tertiary/aromatic N) is 2. The molecule has 1 N–H and O–H groups in total. The van der Waals surface area contributed by atoms with E-state index in [-0.39, 0.29) is 10.7 Å². The minimum atomic E-state index is -1.11. The molecule has 0 saturated carbocycles. The molecule has 0 atom stereocenters. The maximum atomic E-state index is 11.0. The Kier molecular flexibility index (Phi) is 4.39. The number of hydrogen-bond donors (Lipinski definition) is 1. The van der Waals surface area contributed by atoms with Gasteiger partial charge in [-0.2, -0.15) is 0 Å². The number of carbonyl (C=O) groups is 1. The first-order valence-electron chi connectivity index (χ1n) is 5.71. The van der Waals surface area contributed by atoms with Gasteiger partial charge < -0.3 is 10.0 Å². The summed E-state index contributed by atoms with van der Waals surface area (Å²) in [6, 6.07) is 7.39. The number of anilines is 1. The summed E-state index contributed by atoms with van der Waals surface area (Å²) in [5, 5.41) is 11.2. The number of halogens is 1. The molecule has 0 fully saturated rings. The van der Waals surface area contributed by atoms with Gasteiger partial charge in [0.25, 0.3) is 0 Å². The summed E-state index contributed by atoms with van der Waals surface area (Å²) in [6.45, 7) is 0.772. The molecule has 0 unspecified atom stereocenters. The fourth-order valence-electron chi connectivity index (χ4n) is 1.64. The van der Waals surface area contributed by atoms with Crippen molar-refractivity contribution < 1.29 is 9.90 Å². The Labute approximate surface area is 120 Å². The van der Waals surface area contributed by atoms with E-state index in [4.69, 9.17) is 16.7 Å². The molecule has 0 aliphatic rings. The minimum absolute atomic E-state index is 0.109. The van der Waals surface area contributed by atoms with Crippen LogP contribution in [0.25, 0.3) is 0 Å². The summed E-state index contributed by atoms with van der Waals surface area (Å²) in [6.07, 6.45) is 0.904. The summed E-state index contributed by atoms with van der Waals surface area (Å²) >= 11 is 7.50. The maximum absolute atomic E-state index is 11.0. The second-order valence-corrected chi connectivity index (χ2v) is 5.50. The molecule has 0 radical (unpaired) electrons. The second kappa shape index (κ2) is 6.04. The molecule has 0 spiro atoms. The molecule has 0 bridgehead atoms. The SMILES string of the molecule is CN(CCc1cccs1)c1ccc(Cl)c(C(=O)O)n1. The van der Waals surface area contributed by atoms with Crippen molar-refractivity contribution in [2.24, 2.45) is 0 Å². The number of hydrogen-bond acceptors (Lipinski definition) is 4. The van der Waals surface area contributed by atoms with Gasteiger partial charge in [-0.05, 0) is 30.0 Å². The van der Waals surface area contributed by atoms with E-state index in [2.05, 4.69) is 11.1 Å². The third-order valence-electron chi connectivity index (χ3n) is 2.70. The van der Waals surface area contributed by atoms with Crippen molar-refractivity contribution in [2.75, 3.05) is 18.5 Å². The smallest absolute Gasteiger partial charge is 0.356 e. The van der Waals surface area contributed by atoms with E-state index < -0.39 is 5.97 Å². The molecular formula is C13H13ClN2O2S. The van der Waals surface area contributed by atoms with Gasteiger partial charge in [0, 0.05) is 18.5 Å². The molecule has 2 aromatic rings. The van der Waals surface area contributed by atoms with E-state index >= 15 is 0 Å². The minimum Gasteiger partial charge on any atom is -0.476 e. The lowest BCUT2D eigenvalue weighted by molar-refractivity contribution is 0.0691. The van der Waals surface area contributed by atoms with Crippen molar-refractivity contribution in [3.8, 4) is 0 Å². The lowest BCUT2D eigenvalue weighted by atomic mass is 10.3. The van der Waals surface area contributed by atoms with E-state index in [1.165, 1.54) is 4.88 Å². The first kappa shape index (κ1) is 13.8. The van der Waals surface area contributed by atoms with Crippen LogP contribution in [0.4, 0.5) is 5.82 Å². The van der Waals surface area contributed by atoms with Crippen molar-refractivity contribution >= 4 is 34.7 Å². The van der Waals surface area contributed by atoms with Gasteiger partial charge in [0.05, 0.1) is 5.02 Å². The van der Waals surface area contributed by atoms with Crippen LogP contribution in [-0.4, -0.2) is 29.7 Å². The first-order valence-corrected chi connectivity index (χ1v) is 6.97. The van der Waals surface area contributed by atoms with Crippen molar-refractivity contribution in [3.05, 3.63) is 45.2 Å². The van der Waals surface area contributed by atoms with Crippen LogP contribution in [0.15, 0.2) is 29.6 Å². The summed E-state index contributed by atoms with van der Waals surface area (Å²) in [5.41, 5.74) is -0.109. The average Bonchev–Trinajstić information content (AvgIpc) is 2.89. The zero-order chi connectivity index (χ0) is 13.8. The fourth-order valence-corrected chi connectivity index (χ4v) is 2.53. The quantitative estimate of drug-likeness (QED) is 0.921. The van der Waals surface area contributed by atoms with Gasteiger partial charge >= 0.3 is 5.97 Å². The highest BCUT2D eigenvalue weighted by molar-refractivity contribution is 7.09. The normalized spacial score (nSPS) is 10.4. The number of aromatic carboxylic acids is 1. The number of thiophene rings is 1. The molecule has 2 rings (SSSR count). The number of likely N-dealkylation sites (N-methyl/N-ethyl adjacent to an activating group) is 1. The van der Waals surface area contributed by atoms with E-state index in [9.17, 15) is 4.79 Å². The van der Waals surface area contributed by atoms with Crippen LogP contribution >= 0.6 is 22.9 Å². The fraction of sp³-hybridized carbons (Fsp3) is 0.231. The molecule has 2 heterocycles. The lowest BCUT2D eigenvalue weighted by Gasteiger charge is -2.18. The van der Waals surface area contributed by atoms with Crippen molar-refractivity contribution in [1.29, 1.82) is 0 Å². The summed E-state index contributed by atoms with van der Waals surface area (Å²) in [7, 11) is 1.88. The highest BCUT2D eigenvalue weighted by Crippen LogP contribution is 2.19. The van der Waals surface area contributed by atoms with E-state index in [1.807, 2.05) is 23.4 Å². The standard InChI is InChI=1S/C13H13ClN2O2S/c1-16(7-6-9-3-2-8-19-9)11-5-4-10(14)12(15-11)13(17)18/h2-5,8H,6-7H2,1H3,(H,17,18). The van der Waals surface area contributed by atoms with Gasteiger partial charge in [0.2, 0.25) is 0 Å². The van der Waals surface area contributed by atoms with Crippen molar-refractivity contribution in [2.45, 2.75) is 6.42 Å². The lowest BCUT2D eigenvalue weighted by Crippen LogP contribution is -2.22. The Balaban J connectivity index is 2.08. The van der Waals surface area contributed by atoms with Gasteiger partial charge in [-0.1, -0.05) is 17.7 Å². The van der Waals surface area contributed by atoms with Crippen molar-refractivity contribution in [3.63, 3.8) is 0 Å². The molecule has 0 amide bonds. The Bertz CT molecular complexity index is 572. The molecule has 100 valence electrons. The van der Waals surface area contributed by atoms with E-state index in [0.29, 0.717) is 5.82 Å². The second-order valence-electron chi connectivity index (χ2n) is 4.06. The van der Waals surface area contributed by atoms with Crippen LogP contribution in [-0.2, 0) is 6.42 Å². The Hall–Kier alpha value is -1.59. The molecular weight excluding hydrogens is 284 g/mol. The molecule has 0 saturated heterocycles. The molecule has 4 nitrogen and oxygen atoms in total. The van der Waals surface area contributed by atoms with Crippen LogP contribution in [0, 0.1) is 0 Å². The van der Waals surface area contributed by atoms with Gasteiger partial charge in [-0.15, -0.1) is 11.3 Å². The van der Waals surface area contributed by atoms with Gasteiger partial charge in [0.1, 0.15) is 5.82 Å². The van der Waals surface area contributed by atoms with Gasteiger partial charge in [0.15, 0.2) is 5.69 Å². The topological polar surface area (TPSA) is 53.4 Å². The van der Waals surface area contributed by atoms with Crippen LogP contribution < -0.4 is 4.90 Å². The van der Waals surface area contributed by atoms with E-state index in [1.54, 1.807) is 23.5 Å². The number of pyridine rings is 1. The highest BCUT2D eigenvalue weighted by atomic mass is 35.5. The predicted octanol–water partition coefficient (Wildman–Crippen LogP) is 3.17. The van der Waals surface area contributed by atoms with Crippen LogP contribution in [0.1, 0.15) is 15.4 Å². The first-order chi connectivity index (χ1) is 9.08. The Morgan fingerprint density at radius 3 is 2.89 bits per heavy atom. The highest BCUT2D eigenvalue weighted by Gasteiger charge is 2.13. The molecule has 0 aromatic carbocycles. The molecule has 19 heavy (non-hydrogen) atoms. The van der Waals surface area contributed by atoms with Crippen LogP contribution in [0.5, 0.6) is 0 Å². The van der Waals surface area contributed by atoms with E-state index in [0.717, 1.165) is 13.0 Å². The van der Waals surface area contributed by atoms with Gasteiger partial charge in [-0.3, -0.25) is 0 Å². The maximum Gasteiger partial charge on any atom is 0.356 e. The zero-order valence-corrected chi connectivity index (χ0v) is 11.9. The largest absolute Gasteiger partial charge is 0.476 e. The zero-order valence-electron chi connectivity index (χ0n) is 10.3. The van der Waals surface area contributed by atoms with Gasteiger partial charge in [-0.25, -0.2) is 9.78 Å². The van der Waals surface area contributed by atoms with Crippen LogP contribution in [0.3, 0.4) is 0 Å². The van der Waals surface area contributed by atoms with Crippen LogP contribution in [0.2, 0.25) is 5.02 Å². The number of rotatable bonds is 5. The number of aromatic nitrogens is 1.